The lowest BCUT2D eigenvalue weighted by molar-refractivity contribution is -0.870. The number of carbonyl (C=O) groups is 1. The number of carbonyl (C=O) groups excluding carboxylic acids is 1. The van der Waals surface area contributed by atoms with Gasteiger partial charge in [-0.05, 0) is 44.9 Å². The molecule has 0 radical (unpaired) electrons. The number of rotatable bonds is 53. The molecule has 65 heavy (non-hydrogen) atoms. The molecule has 0 aliphatic heterocycles. The summed E-state index contributed by atoms with van der Waals surface area (Å²) in [7, 11) is 1.37. The fraction of sp³-hybridized carbons (Fsp3) is 0.911. The summed E-state index contributed by atoms with van der Waals surface area (Å²) in [4.78, 5) is 25.2. The standard InChI is InChI=1S/C56H110NO7P/c1-6-8-10-12-14-16-18-20-22-24-25-26-27-28-29-30-31-32-34-36-38-40-42-44-46-48-51-61-53-55(54-63-65(59,60)62-52-50-57(3,4)5)64-56(58)49-47-45-43-41-39-37-35-33-23-21-19-17-15-13-11-9-7-2/h18,20,24-25,55H,6-17,19,21-23,26-54H2,1-5H3/b20-18-,25-24-. The molecule has 0 rings (SSSR count). The minimum Gasteiger partial charge on any atom is -0.756 e. The summed E-state index contributed by atoms with van der Waals surface area (Å²) in [6.07, 6.45) is 59.3. The van der Waals surface area contributed by atoms with Crippen molar-refractivity contribution < 1.29 is 37.3 Å². The third-order valence-electron chi connectivity index (χ3n) is 12.5. The Bertz CT molecular complexity index is 1090. The molecule has 0 aliphatic carbocycles. The third kappa shape index (κ3) is 53.8. The summed E-state index contributed by atoms with van der Waals surface area (Å²) in [5, 5.41) is 0. The zero-order valence-corrected chi connectivity index (χ0v) is 44.9. The van der Waals surface area contributed by atoms with E-state index < -0.39 is 13.9 Å². The first-order valence-corrected chi connectivity index (χ1v) is 29.5. The Morgan fingerprint density at radius 2 is 0.846 bits per heavy atom. The van der Waals surface area contributed by atoms with Crippen molar-refractivity contribution in [2.75, 3.05) is 54.1 Å². The van der Waals surface area contributed by atoms with Gasteiger partial charge in [0.2, 0.25) is 0 Å². The average molecular weight is 940 g/mol. The van der Waals surface area contributed by atoms with Gasteiger partial charge in [0.05, 0.1) is 34.4 Å². The van der Waals surface area contributed by atoms with E-state index in [2.05, 4.69) is 38.2 Å². The highest BCUT2D eigenvalue weighted by atomic mass is 31.2. The van der Waals surface area contributed by atoms with Crippen LogP contribution in [-0.2, 0) is 27.9 Å². The van der Waals surface area contributed by atoms with Gasteiger partial charge in [-0.15, -0.1) is 0 Å². The van der Waals surface area contributed by atoms with E-state index in [-0.39, 0.29) is 25.8 Å². The van der Waals surface area contributed by atoms with E-state index in [0.717, 1.165) is 38.5 Å². The molecule has 0 heterocycles. The van der Waals surface area contributed by atoms with E-state index >= 15 is 0 Å². The number of phosphoric ester groups is 1. The number of likely N-dealkylation sites (N-methyl/N-ethyl adjacent to an activating group) is 1. The normalized spacial score (nSPS) is 13.6. The molecule has 0 aromatic rings. The molecule has 0 bridgehead atoms. The molecule has 0 saturated heterocycles. The van der Waals surface area contributed by atoms with Crippen LogP contribution in [0, 0.1) is 0 Å². The molecule has 0 saturated carbocycles. The molecule has 0 amide bonds. The fourth-order valence-corrected chi connectivity index (χ4v) is 8.90. The van der Waals surface area contributed by atoms with Gasteiger partial charge in [-0.2, -0.15) is 0 Å². The van der Waals surface area contributed by atoms with Crippen molar-refractivity contribution in [2.45, 2.75) is 277 Å². The van der Waals surface area contributed by atoms with Crippen LogP contribution in [-0.4, -0.2) is 70.7 Å². The van der Waals surface area contributed by atoms with E-state index in [1.165, 1.54) is 212 Å². The first-order valence-electron chi connectivity index (χ1n) is 28.1. The molecular weight excluding hydrogens is 830 g/mol. The lowest BCUT2D eigenvalue weighted by atomic mass is 10.0. The molecule has 0 aliphatic rings. The molecule has 0 aromatic carbocycles. The van der Waals surface area contributed by atoms with Crippen molar-refractivity contribution >= 4 is 13.8 Å². The highest BCUT2D eigenvalue weighted by Crippen LogP contribution is 2.38. The summed E-state index contributed by atoms with van der Waals surface area (Å²) in [5.74, 6) is -0.328. The Morgan fingerprint density at radius 1 is 0.477 bits per heavy atom. The summed E-state index contributed by atoms with van der Waals surface area (Å²) < 4.78 is 34.8. The quantitative estimate of drug-likeness (QED) is 0.0197. The van der Waals surface area contributed by atoms with Crippen molar-refractivity contribution in [1.29, 1.82) is 0 Å². The molecule has 0 fully saturated rings. The third-order valence-corrected chi connectivity index (χ3v) is 13.5. The maximum atomic E-state index is 12.8. The maximum absolute atomic E-state index is 12.8. The predicted octanol–water partition coefficient (Wildman–Crippen LogP) is 16.9. The smallest absolute Gasteiger partial charge is 0.306 e. The van der Waals surface area contributed by atoms with Crippen LogP contribution in [0.2, 0.25) is 0 Å². The molecule has 0 N–H and O–H groups in total. The first kappa shape index (κ1) is 64.0. The average Bonchev–Trinajstić information content (AvgIpc) is 3.27. The van der Waals surface area contributed by atoms with Crippen LogP contribution in [0.25, 0.3) is 0 Å². The molecule has 8 nitrogen and oxygen atoms in total. The van der Waals surface area contributed by atoms with Gasteiger partial charge in [-0.3, -0.25) is 9.36 Å². The van der Waals surface area contributed by atoms with Crippen molar-refractivity contribution in [2.24, 2.45) is 0 Å². The second kappa shape index (κ2) is 49.4. The zero-order valence-electron chi connectivity index (χ0n) is 44.0. The first-order chi connectivity index (χ1) is 31.6. The molecule has 9 heteroatoms. The molecule has 2 atom stereocenters. The summed E-state index contributed by atoms with van der Waals surface area (Å²) in [5.41, 5.74) is 0. The number of allylic oxidation sites excluding steroid dienone is 4. The molecule has 0 spiro atoms. The van der Waals surface area contributed by atoms with Crippen LogP contribution in [0.15, 0.2) is 24.3 Å². The fourth-order valence-electron chi connectivity index (χ4n) is 8.17. The molecular formula is C56H110NO7P. The van der Waals surface area contributed by atoms with Crippen molar-refractivity contribution in [3.8, 4) is 0 Å². The molecule has 0 aromatic heterocycles. The van der Waals surface area contributed by atoms with E-state index in [1.807, 2.05) is 21.1 Å². The van der Waals surface area contributed by atoms with Crippen LogP contribution in [0.5, 0.6) is 0 Å². The number of phosphoric acid groups is 1. The van der Waals surface area contributed by atoms with Crippen LogP contribution in [0.3, 0.4) is 0 Å². The SMILES string of the molecule is CCCCCCC/C=C\C/C=C\CCCCCCCCCCCCCCCCOCC(COP(=O)([O-])OCC[N+](C)(C)C)OC(=O)CCCCCCCCCCCCCCCCCCC. The number of hydrogen-bond acceptors (Lipinski definition) is 7. The predicted molar refractivity (Wildman–Crippen MR) is 277 cm³/mol. The van der Waals surface area contributed by atoms with Crippen LogP contribution in [0.1, 0.15) is 271 Å². The van der Waals surface area contributed by atoms with Gasteiger partial charge in [0, 0.05) is 13.0 Å². The van der Waals surface area contributed by atoms with Crippen molar-refractivity contribution in [3.63, 3.8) is 0 Å². The number of hydrogen-bond donors (Lipinski definition) is 0. The number of nitrogens with zero attached hydrogens (tertiary/aromatic N) is 1. The Balaban J connectivity index is 4.02. The number of ether oxygens (including phenoxy) is 2. The van der Waals surface area contributed by atoms with Gasteiger partial charge >= 0.3 is 5.97 Å². The number of quaternary nitrogens is 1. The second-order valence-corrected chi connectivity index (χ2v) is 21.7. The molecule has 2 unspecified atom stereocenters. The number of unbranched alkanes of at least 4 members (excludes halogenated alkanes) is 35. The summed E-state index contributed by atoms with van der Waals surface area (Å²) >= 11 is 0. The summed E-state index contributed by atoms with van der Waals surface area (Å²) in [6, 6.07) is 0. The van der Waals surface area contributed by atoms with Crippen LogP contribution in [0.4, 0.5) is 0 Å². The van der Waals surface area contributed by atoms with E-state index in [9.17, 15) is 14.3 Å². The van der Waals surface area contributed by atoms with Gasteiger partial charge in [-0.25, -0.2) is 0 Å². The Labute approximate surface area is 404 Å². The monoisotopic (exact) mass is 940 g/mol. The van der Waals surface area contributed by atoms with Gasteiger partial charge in [0.15, 0.2) is 0 Å². The van der Waals surface area contributed by atoms with E-state index in [0.29, 0.717) is 24.1 Å². The Hall–Kier alpha value is -1.02. The minimum absolute atomic E-state index is 0.0291. The van der Waals surface area contributed by atoms with Gasteiger partial charge < -0.3 is 27.9 Å². The van der Waals surface area contributed by atoms with E-state index in [4.69, 9.17) is 18.5 Å². The Morgan fingerprint density at radius 3 is 1.25 bits per heavy atom. The van der Waals surface area contributed by atoms with Crippen LogP contribution >= 0.6 is 7.82 Å². The van der Waals surface area contributed by atoms with Crippen molar-refractivity contribution in [3.05, 3.63) is 24.3 Å². The number of esters is 1. The lowest BCUT2D eigenvalue weighted by Crippen LogP contribution is -2.37. The summed E-state index contributed by atoms with van der Waals surface area (Å²) in [6.45, 7) is 5.46. The van der Waals surface area contributed by atoms with E-state index in [1.54, 1.807) is 0 Å². The highest BCUT2D eigenvalue weighted by molar-refractivity contribution is 7.45. The second-order valence-electron chi connectivity index (χ2n) is 20.3. The Kier molecular flexibility index (Phi) is 48.6. The van der Waals surface area contributed by atoms with Gasteiger partial charge in [0.25, 0.3) is 7.82 Å². The molecule has 386 valence electrons. The largest absolute Gasteiger partial charge is 0.756 e. The lowest BCUT2D eigenvalue weighted by Gasteiger charge is -2.28. The highest BCUT2D eigenvalue weighted by Gasteiger charge is 2.20. The maximum Gasteiger partial charge on any atom is 0.306 e. The topological polar surface area (TPSA) is 94.1 Å². The minimum atomic E-state index is -4.53. The van der Waals surface area contributed by atoms with Gasteiger partial charge in [0.1, 0.15) is 19.3 Å². The van der Waals surface area contributed by atoms with Crippen LogP contribution < -0.4 is 4.89 Å². The van der Waals surface area contributed by atoms with Crippen molar-refractivity contribution in [1.82, 2.24) is 0 Å². The van der Waals surface area contributed by atoms with Gasteiger partial charge in [-0.1, -0.05) is 244 Å². The zero-order chi connectivity index (χ0) is 47.6.